The van der Waals surface area contributed by atoms with Crippen molar-refractivity contribution in [2.45, 2.75) is 13.5 Å². The molecule has 1 aromatic carbocycles. The monoisotopic (exact) mass is 240 g/mol. The summed E-state index contributed by atoms with van der Waals surface area (Å²) >= 11 is 0. The molecule has 6 nitrogen and oxygen atoms in total. The lowest BCUT2D eigenvalue weighted by Gasteiger charge is -2.07. The van der Waals surface area contributed by atoms with Gasteiger partial charge in [-0.1, -0.05) is 12.1 Å². The van der Waals surface area contributed by atoms with Gasteiger partial charge < -0.3 is 5.32 Å². The molecule has 0 radical (unpaired) electrons. The Morgan fingerprint density at radius 1 is 1.17 bits per heavy atom. The van der Waals surface area contributed by atoms with E-state index in [1.165, 1.54) is 6.33 Å². The minimum absolute atomic E-state index is 0.549. The lowest BCUT2D eigenvalue weighted by Crippen LogP contribution is -2.06. The Kier molecular flexibility index (Phi) is 2.60. The second kappa shape index (κ2) is 4.40. The fraction of sp³-hybridized carbons (Fsp3) is 0.167. The van der Waals surface area contributed by atoms with Crippen molar-refractivity contribution in [2.24, 2.45) is 0 Å². The van der Waals surface area contributed by atoms with Crippen LogP contribution in [-0.2, 0) is 6.54 Å². The zero-order chi connectivity index (χ0) is 12.4. The van der Waals surface area contributed by atoms with Crippen molar-refractivity contribution in [3.63, 3.8) is 0 Å². The molecule has 6 heteroatoms. The molecular weight excluding hydrogens is 228 g/mol. The molecule has 0 spiro atoms. The lowest BCUT2D eigenvalue weighted by molar-refractivity contribution is 0.943. The van der Waals surface area contributed by atoms with Gasteiger partial charge in [-0.15, -0.1) is 0 Å². The van der Waals surface area contributed by atoms with Gasteiger partial charge in [0, 0.05) is 0 Å². The summed E-state index contributed by atoms with van der Waals surface area (Å²) in [6, 6.07) is 7.81. The van der Waals surface area contributed by atoms with Gasteiger partial charge in [0.05, 0.1) is 23.3 Å². The summed E-state index contributed by atoms with van der Waals surface area (Å²) in [6.07, 6.45) is 1.48. The van der Waals surface area contributed by atoms with E-state index in [9.17, 15) is 0 Å². The molecule has 0 saturated heterocycles. The molecule has 18 heavy (non-hydrogen) atoms. The first kappa shape index (κ1) is 10.6. The van der Waals surface area contributed by atoms with Crippen molar-refractivity contribution in [3.05, 3.63) is 42.1 Å². The van der Waals surface area contributed by atoms with Crippen molar-refractivity contribution in [1.82, 2.24) is 25.1 Å². The zero-order valence-corrected chi connectivity index (χ0v) is 9.88. The Labute approximate surface area is 104 Å². The molecule has 0 saturated carbocycles. The van der Waals surface area contributed by atoms with Crippen molar-refractivity contribution in [3.8, 4) is 0 Å². The predicted octanol–water partition coefficient (Wildman–Crippen LogP) is 1.67. The normalized spacial score (nSPS) is 10.7. The number of benzene rings is 1. The number of nitrogens with one attached hydrogen (secondary N) is 2. The van der Waals surface area contributed by atoms with Gasteiger partial charge in [-0.3, -0.25) is 5.10 Å². The number of nitrogens with zero attached hydrogens (tertiary/aromatic N) is 4. The van der Waals surface area contributed by atoms with E-state index in [-0.39, 0.29) is 0 Å². The maximum atomic E-state index is 4.54. The first-order valence-corrected chi connectivity index (χ1v) is 5.64. The number of hydrogen-bond donors (Lipinski definition) is 2. The second-order valence-corrected chi connectivity index (χ2v) is 3.93. The van der Waals surface area contributed by atoms with Gasteiger partial charge in [0.25, 0.3) is 0 Å². The van der Waals surface area contributed by atoms with E-state index in [0.717, 1.165) is 28.4 Å². The van der Waals surface area contributed by atoms with E-state index in [1.807, 2.05) is 31.2 Å². The van der Waals surface area contributed by atoms with Crippen molar-refractivity contribution >= 4 is 16.9 Å². The number of aryl methyl sites for hydroxylation is 1. The smallest absolute Gasteiger partial charge is 0.148 e. The number of para-hydroxylation sites is 2. The maximum Gasteiger partial charge on any atom is 0.148 e. The van der Waals surface area contributed by atoms with Crippen LogP contribution in [0.1, 0.15) is 11.5 Å². The van der Waals surface area contributed by atoms with Crippen LogP contribution in [0, 0.1) is 6.92 Å². The fourth-order valence-electron chi connectivity index (χ4n) is 1.74. The Morgan fingerprint density at radius 2 is 1.94 bits per heavy atom. The number of aromatic nitrogens is 5. The molecule has 0 atom stereocenters. The Balaban J connectivity index is 1.89. The van der Waals surface area contributed by atoms with Gasteiger partial charge in [-0.2, -0.15) is 5.10 Å². The van der Waals surface area contributed by atoms with Crippen LogP contribution in [0.2, 0.25) is 0 Å². The Morgan fingerprint density at radius 3 is 2.67 bits per heavy atom. The van der Waals surface area contributed by atoms with Crippen LogP contribution in [-0.4, -0.2) is 25.1 Å². The molecule has 0 unspecified atom stereocenters. The molecule has 0 aliphatic rings. The second-order valence-electron chi connectivity index (χ2n) is 3.93. The summed E-state index contributed by atoms with van der Waals surface area (Å²) in [7, 11) is 0. The third-order valence-electron chi connectivity index (χ3n) is 2.63. The number of hydrogen-bond acceptors (Lipinski definition) is 5. The quantitative estimate of drug-likeness (QED) is 0.728. The summed E-state index contributed by atoms with van der Waals surface area (Å²) in [5.74, 6) is 1.54. The minimum atomic E-state index is 0.549. The summed E-state index contributed by atoms with van der Waals surface area (Å²) in [6.45, 7) is 2.48. The molecule has 90 valence electrons. The molecule has 0 aliphatic carbocycles. The number of aromatic amines is 1. The Bertz CT molecular complexity index is 661. The molecule has 3 aromatic rings. The first-order valence-electron chi connectivity index (χ1n) is 5.64. The average Bonchev–Trinajstić information content (AvgIpc) is 2.89. The van der Waals surface area contributed by atoms with Crippen LogP contribution in [0.3, 0.4) is 0 Å². The fourth-order valence-corrected chi connectivity index (χ4v) is 1.74. The number of anilines is 1. The average molecular weight is 240 g/mol. The molecule has 2 aromatic heterocycles. The number of fused-ring (bicyclic) bond motifs is 1. The van der Waals surface area contributed by atoms with E-state index >= 15 is 0 Å². The molecular formula is C12H12N6. The van der Waals surface area contributed by atoms with E-state index in [2.05, 4.69) is 30.5 Å². The van der Waals surface area contributed by atoms with Crippen LogP contribution in [0.15, 0.2) is 30.6 Å². The van der Waals surface area contributed by atoms with Gasteiger partial charge in [-0.25, -0.2) is 15.0 Å². The topological polar surface area (TPSA) is 79.4 Å². The van der Waals surface area contributed by atoms with Crippen LogP contribution in [0.4, 0.5) is 5.82 Å². The molecule has 2 N–H and O–H groups in total. The van der Waals surface area contributed by atoms with Crippen LogP contribution in [0.5, 0.6) is 0 Å². The summed E-state index contributed by atoms with van der Waals surface area (Å²) in [5.41, 5.74) is 2.65. The molecule has 0 bridgehead atoms. The van der Waals surface area contributed by atoms with E-state index < -0.39 is 0 Å². The predicted molar refractivity (Wildman–Crippen MR) is 68.0 cm³/mol. The van der Waals surface area contributed by atoms with Gasteiger partial charge in [0.15, 0.2) is 0 Å². The van der Waals surface area contributed by atoms with E-state index in [0.29, 0.717) is 6.54 Å². The third kappa shape index (κ3) is 2.00. The molecule has 2 heterocycles. The van der Waals surface area contributed by atoms with E-state index in [4.69, 9.17) is 0 Å². The molecule has 3 rings (SSSR count). The highest BCUT2D eigenvalue weighted by molar-refractivity contribution is 5.76. The van der Waals surface area contributed by atoms with Crippen molar-refractivity contribution in [2.75, 3.05) is 5.32 Å². The third-order valence-corrected chi connectivity index (χ3v) is 2.63. The van der Waals surface area contributed by atoms with Crippen molar-refractivity contribution in [1.29, 1.82) is 0 Å². The maximum absolute atomic E-state index is 4.54. The van der Waals surface area contributed by atoms with Crippen LogP contribution < -0.4 is 5.32 Å². The SMILES string of the molecule is Cc1nc2ccccc2nc1NCc1ncn[nH]1. The summed E-state index contributed by atoms with van der Waals surface area (Å²) in [5, 5.41) is 9.79. The lowest BCUT2D eigenvalue weighted by atomic mass is 10.3. The number of H-pyrrole nitrogens is 1. The van der Waals surface area contributed by atoms with Crippen LogP contribution in [0.25, 0.3) is 11.0 Å². The zero-order valence-electron chi connectivity index (χ0n) is 9.88. The highest BCUT2D eigenvalue weighted by Crippen LogP contribution is 2.16. The minimum Gasteiger partial charge on any atom is -0.361 e. The van der Waals surface area contributed by atoms with Crippen molar-refractivity contribution < 1.29 is 0 Å². The van der Waals surface area contributed by atoms with Gasteiger partial charge >= 0.3 is 0 Å². The Hall–Kier alpha value is -2.50. The summed E-state index contributed by atoms with van der Waals surface area (Å²) in [4.78, 5) is 13.1. The van der Waals surface area contributed by atoms with E-state index in [1.54, 1.807) is 0 Å². The first-order chi connectivity index (χ1) is 8.83. The van der Waals surface area contributed by atoms with Crippen LogP contribution >= 0.6 is 0 Å². The highest BCUT2D eigenvalue weighted by Gasteiger charge is 2.05. The highest BCUT2D eigenvalue weighted by atomic mass is 15.2. The summed E-state index contributed by atoms with van der Waals surface area (Å²) < 4.78 is 0. The molecule has 0 aliphatic heterocycles. The van der Waals surface area contributed by atoms with Gasteiger partial charge in [0.2, 0.25) is 0 Å². The largest absolute Gasteiger partial charge is 0.361 e. The standard InChI is InChI=1S/C12H12N6/c1-8-12(13-6-11-14-7-15-18-11)17-10-5-3-2-4-9(10)16-8/h2-5,7H,6H2,1H3,(H,13,17)(H,14,15,18). The molecule has 0 fully saturated rings. The van der Waals surface area contributed by atoms with Gasteiger partial charge in [-0.05, 0) is 19.1 Å². The molecule has 0 amide bonds. The van der Waals surface area contributed by atoms with Gasteiger partial charge in [0.1, 0.15) is 18.0 Å². The number of rotatable bonds is 3.